The van der Waals surface area contributed by atoms with Crippen molar-refractivity contribution < 1.29 is 4.79 Å². The summed E-state index contributed by atoms with van der Waals surface area (Å²) in [5, 5.41) is 7.30. The second-order valence-electron chi connectivity index (χ2n) is 5.73. The summed E-state index contributed by atoms with van der Waals surface area (Å²) >= 11 is 0. The standard InChI is InChI=1S/C21H16N4O/c26-21(17-10-13-22-14-11-17)24-18-8-6-16(7-9-18)20-12-15-23-25(20)19-4-2-1-3-5-19/h1-15H,(H,24,26). The Morgan fingerprint density at radius 1 is 0.808 bits per heavy atom. The van der Waals surface area contributed by atoms with E-state index in [1.165, 1.54) is 0 Å². The minimum atomic E-state index is -0.158. The minimum Gasteiger partial charge on any atom is -0.322 e. The van der Waals surface area contributed by atoms with Crippen molar-refractivity contribution in [3.8, 4) is 16.9 Å². The molecule has 0 aliphatic heterocycles. The van der Waals surface area contributed by atoms with Crippen LogP contribution in [0, 0.1) is 0 Å². The third-order valence-electron chi connectivity index (χ3n) is 4.02. The number of hydrogen-bond donors (Lipinski definition) is 1. The number of amides is 1. The van der Waals surface area contributed by atoms with Crippen LogP contribution in [-0.2, 0) is 0 Å². The molecule has 0 saturated heterocycles. The molecular weight excluding hydrogens is 324 g/mol. The maximum Gasteiger partial charge on any atom is 0.255 e. The van der Waals surface area contributed by atoms with Crippen LogP contribution in [0.2, 0.25) is 0 Å². The van der Waals surface area contributed by atoms with E-state index in [4.69, 9.17) is 0 Å². The van der Waals surface area contributed by atoms with Crippen molar-refractivity contribution in [3.05, 3.63) is 97.0 Å². The zero-order valence-corrected chi connectivity index (χ0v) is 13.9. The number of para-hydroxylation sites is 1. The molecule has 126 valence electrons. The van der Waals surface area contributed by atoms with Gasteiger partial charge in [-0.05, 0) is 42.5 Å². The number of anilines is 1. The van der Waals surface area contributed by atoms with E-state index in [0.717, 1.165) is 22.6 Å². The van der Waals surface area contributed by atoms with Crippen LogP contribution in [0.25, 0.3) is 16.9 Å². The van der Waals surface area contributed by atoms with Gasteiger partial charge in [0.25, 0.3) is 5.91 Å². The molecule has 0 spiro atoms. The van der Waals surface area contributed by atoms with Crippen molar-refractivity contribution in [2.45, 2.75) is 0 Å². The van der Waals surface area contributed by atoms with Crippen LogP contribution in [0.5, 0.6) is 0 Å². The molecule has 4 aromatic rings. The van der Waals surface area contributed by atoms with Crippen LogP contribution in [0.1, 0.15) is 10.4 Å². The quantitative estimate of drug-likeness (QED) is 0.606. The summed E-state index contributed by atoms with van der Waals surface area (Å²) in [6.07, 6.45) is 4.98. The van der Waals surface area contributed by atoms with Gasteiger partial charge in [0.05, 0.1) is 17.6 Å². The van der Waals surface area contributed by atoms with Crippen molar-refractivity contribution in [1.82, 2.24) is 14.8 Å². The minimum absolute atomic E-state index is 0.158. The number of rotatable bonds is 4. The van der Waals surface area contributed by atoms with E-state index in [0.29, 0.717) is 5.56 Å². The Hall–Kier alpha value is -3.73. The smallest absolute Gasteiger partial charge is 0.255 e. The predicted molar refractivity (Wildman–Crippen MR) is 101 cm³/mol. The first kappa shape index (κ1) is 15.8. The molecule has 1 N–H and O–H groups in total. The Morgan fingerprint density at radius 3 is 2.27 bits per heavy atom. The van der Waals surface area contributed by atoms with Crippen molar-refractivity contribution in [1.29, 1.82) is 0 Å². The normalized spacial score (nSPS) is 10.5. The lowest BCUT2D eigenvalue weighted by Gasteiger charge is -2.09. The van der Waals surface area contributed by atoms with E-state index in [9.17, 15) is 4.79 Å². The Labute approximate surface area is 151 Å². The second-order valence-corrected chi connectivity index (χ2v) is 5.73. The van der Waals surface area contributed by atoms with Gasteiger partial charge in [0, 0.05) is 29.2 Å². The number of carbonyl (C=O) groups is 1. The largest absolute Gasteiger partial charge is 0.322 e. The lowest BCUT2D eigenvalue weighted by molar-refractivity contribution is 0.102. The van der Waals surface area contributed by atoms with E-state index in [2.05, 4.69) is 15.4 Å². The molecule has 0 saturated carbocycles. The summed E-state index contributed by atoms with van der Waals surface area (Å²) < 4.78 is 1.89. The molecule has 4 rings (SSSR count). The average molecular weight is 340 g/mol. The summed E-state index contributed by atoms with van der Waals surface area (Å²) in [4.78, 5) is 16.1. The molecule has 2 aromatic heterocycles. The molecule has 0 radical (unpaired) electrons. The van der Waals surface area contributed by atoms with Gasteiger partial charge < -0.3 is 5.32 Å². The Balaban J connectivity index is 1.56. The highest BCUT2D eigenvalue weighted by Gasteiger charge is 2.09. The Morgan fingerprint density at radius 2 is 1.54 bits per heavy atom. The number of nitrogens with zero attached hydrogens (tertiary/aromatic N) is 3. The maximum atomic E-state index is 12.2. The number of pyridine rings is 1. The van der Waals surface area contributed by atoms with Gasteiger partial charge in [0.1, 0.15) is 0 Å². The molecule has 2 heterocycles. The summed E-state index contributed by atoms with van der Waals surface area (Å²) in [5.41, 5.74) is 4.33. The van der Waals surface area contributed by atoms with Crippen molar-refractivity contribution in [3.63, 3.8) is 0 Å². The molecule has 2 aromatic carbocycles. The van der Waals surface area contributed by atoms with E-state index < -0.39 is 0 Å². The highest BCUT2D eigenvalue weighted by Crippen LogP contribution is 2.24. The molecule has 1 amide bonds. The van der Waals surface area contributed by atoms with Gasteiger partial charge in [-0.1, -0.05) is 30.3 Å². The van der Waals surface area contributed by atoms with E-state index in [1.54, 1.807) is 30.7 Å². The van der Waals surface area contributed by atoms with Gasteiger partial charge in [-0.15, -0.1) is 0 Å². The lowest BCUT2D eigenvalue weighted by atomic mass is 10.1. The summed E-state index contributed by atoms with van der Waals surface area (Å²) in [7, 11) is 0. The molecule has 0 atom stereocenters. The molecule has 0 fully saturated rings. The summed E-state index contributed by atoms with van der Waals surface area (Å²) in [6, 6.07) is 23.0. The molecule has 5 heteroatoms. The van der Waals surface area contributed by atoms with Crippen LogP contribution in [0.4, 0.5) is 5.69 Å². The first-order valence-corrected chi connectivity index (χ1v) is 8.22. The third-order valence-corrected chi connectivity index (χ3v) is 4.02. The maximum absolute atomic E-state index is 12.2. The number of carbonyl (C=O) groups excluding carboxylic acids is 1. The zero-order chi connectivity index (χ0) is 17.8. The lowest BCUT2D eigenvalue weighted by Crippen LogP contribution is -2.11. The van der Waals surface area contributed by atoms with Gasteiger partial charge in [0.15, 0.2) is 0 Å². The monoisotopic (exact) mass is 340 g/mol. The van der Waals surface area contributed by atoms with Gasteiger partial charge in [-0.25, -0.2) is 4.68 Å². The molecule has 0 aliphatic carbocycles. The van der Waals surface area contributed by atoms with Crippen molar-refractivity contribution in [2.24, 2.45) is 0 Å². The predicted octanol–water partition coefficient (Wildman–Crippen LogP) is 4.19. The number of aromatic nitrogens is 3. The van der Waals surface area contributed by atoms with Crippen LogP contribution < -0.4 is 5.32 Å². The zero-order valence-electron chi connectivity index (χ0n) is 13.9. The van der Waals surface area contributed by atoms with Crippen LogP contribution in [-0.4, -0.2) is 20.7 Å². The van der Waals surface area contributed by atoms with Crippen LogP contribution in [0.15, 0.2) is 91.4 Å². The number of benzene rings is 2. The fourth-order valence-corrected chi connectivity index (χ4v) is 2.73. The SMILES string of the molecule is O=C(Nc1ccc(-c2ccnn2-c2ccccc2)cc1)c1ccncc1. The van der Waals surface area contributed by atoms with E-state index in [1.807, 2.05) is 65.3 Å². The highest BCUT2D eigenvalue weighted by molar-refractivity contribution is 6.04. The van der Waals surface area contributed by atoms with Gasteiger partial charge >= 0.3 is 0 Å². The fourth-order valence-electron chi connectivity index (χ4n) is 2.73. The van der Waals surface area contributed by atoms with Gasteiger partial charge in [-0.2, -0.15) is 5.10 Å². The summed E-state index contributed by atoms with van der Waals surface area (Å²) in [5.74, 6) is -0.158. The fraction of sp³-hybridized carbons (Fsp3) is 0. The molecule has 0 unspecified atom stereocenters. The molecule has 26 heavy (non-hydrogen) atoms. The summed E-state index contributed by atoms with van der Waals surface area (Å²) in [6.45, 7) is 0. The van der Waals surface area contributed by atoms with Crippen LogP contribution in [0.3, 0.4) is 0 Å². The molecular formula is C21H16N4O. The van der Waals surface area contributed by atoms with E-state index >= 15 is 0 Å². The highest BCUT2D eigenvalue weighted by atomic mass is 16.1. The van der Waals surface area contributed by atoms with E-state index in [-0.39, 0.29) is 5.91 Å². The first-order chi connectivity index (χ1) is 12.8. The second kappa shape index (κ2) is 7.03. The van der Waals surface area contributed by atoms with Gasteiger partial charge in [0.2, 0.25) is 0 Å². The first-order valence-electron chi connectivity index (χ1n) is 8.22. The van der Waals surface area contributed by atoms with Crippen LogP contribution >= 0.6 is 0 Å². The molecule has 0 bridgehead atoms. The van der Waals surface area contributed by atoms with Crippen molar-refractivity contribution in [2.75, 3.05) is 5.32 Å². The Kier molecular flexibility index (Phi) is 4.26. The Bertz CT molecular complexity index is 1010. The van der Waals surface area contributed by atoms with Gasteiger partial charge in [-0.3, -0.25) is 9.78 Å². The topological polar surface area (TPSA) is 59.8 Å². The molecule has 5 nitrogen and oxygen atoms in total. The van der Waals surface area contributed by atoms with Crippen molar-refractivity contribution >= 4 is 11.6 Å². The number of hydrogen-bond acceptors (Lipinski definition) is 3. The number of nitrogens with one attached hydrogen (secondary N) is 1. The third kappa shape index (κ3) is 3.23. The average Bonchev–Trinajstić information content (AvgIpc) is 3.20. The molecule has 0 aliphatic rings.